The van der Waals surface area contributed by atoms with Gasteiger partial charge in [-0.2, -0.15) is 5.10 Å². The molecule has 0 atom stereocenters. The van der Waals surface area contributed by atoms with Gasteiger partial charge in [0.2, 0.25) is 0 Å². The minimum absolute atomic E-state index is 0.0761. The second-order valence-corrected chi connectivity index (χ2v) is 10.3. The van der Waals surface area contributed by atoms with E-state index in [9.17, 15) is 4.79 Å². The van der Waals surface area contributed by atoms with E-state index < -0.39 is 0 Å². The maximum Gasteiger partial charge on any atom is 0.254 e. The molecule has 0 N–H and O–H groups in total. The van der Waals surface area contributed by atoms with Crippen molar-refractivity contribution in [1.29, 1.82) is 0 Å². The van der Waals surface area contributed by atoms with Gasteiger partial charge in [-0.1, -0.05) is 41.6 Å². The average Bonchev–Trinajstić information content (AvgIpc) is 3.59. The van der Waals surface area contributed by atoms with Crippen LogP contribution in [0.4, 0.5) is 0 Å². The van der Waals surface area contributed by atoms with Crippen LogP contribution in [0.25, 0.3) is 22.8 Å². The van der Waals surface area contributed by atoms with Crippen LogP contribution >= 0.6 is 11.6 Å². The second kappa shape index (κ2) is 11.4. The summed E-state index contributed by atoms with van der Waals surface area (Å²) in [6.45, 7) is 5.11. The summed E-state index contributed by atoms with van der Waals surface area (Å²) in [5, 5.41) is 5.36. The standard InChI is InChI=1S/C30H32ClN5O2/c1-20-16-21(2)18-24(17-20)30(37)35(25-6-4-5-7-25)14-15-36-29(23-8-9-27(38-3)26(31)19-23)33-28(34-36)22-10-12-32-13-11-22/h8-13,16-19,25H,4-7,14-15H2,1-3H3. The monoisotopic (exact) mass is 529 g/mol. The average molecular weight is 530 g/mol. The number of hydrogen-bond acceptors (Lipinski definition) is 5. The van der Waals surface area contributed by atoms with Crippen LogP contribution in [0.1, 0.15) is 47.2 Å². The lowest BCUT2D eigenvalue weighted by atomic mass is 10.1. The van der Waals surface area contributed by atoms with Gasteiger partial charge in [-0.25, -0.2) is 9.67 Å². The van der Waals surface area contributed by atoms with Crippen LogP contribution < -0.4 is 4.74 Å². The minimum atomic E-state index is 0.0761. The molecule has 4 aromatic rings. The molecule has 0 saturated heterocycles. The van der Waals surface area contributed by atoms with Gasteiger partial charge in [0.1, 0.15) is 5.75 Å². The number of benzene rings is 2. The Labute approximate surface area is 228 Å². The number of aryl methyl sites for hydroxylation is 2. The zero-order chi connectivity index (χ0) is 26.6. The predicted octanol–water partition coefficient (Wildman–Crippen LogP) is 6.37. The molecule has 7 nitrogen and oxygen atoms in total. The molecular formula is C30H32ClN5O2. The molecule has 5 rings (SSSR count). The van der Waals surface area contributed by atoms with Crippen LogP contribution in [0.3, 0.4) is 0 Å². The van der Waals surface area contributed by atoms with E-state index in [4.69, 9.17) is 26.4 Å². The van der Waals surface area contributed by atoms with Gasteiger partial charge in [-0.05, 0) is 69.2 Å². The number of aromatic nitrogens is 4. The summed E-state index contributed by atoms with van der Waals surface area (Å²) in [6, 6.07) is 15.7. The first-order valence-electron chi connectivity index (χ1n) is 13.0. The van der Waals surface area contributed by atoms with Gasteiger partial charge < -0.3 is 9.64 Å². The van der Waals surface area contributed by atoms with E-state index in [1.807, 2.05) is 65.9 Å². The van der Waals surface area contributed by atoms with Gasteiger partial charge in [0.25, 0.3) is 5.91 Å². The Morgan fingerprint density at radius 3 is 2.39 bits per heavy atom. The molecule has 0 spiro atoms. The molecule has 196 valence electrons. The first-order valence-corrected chi connectivity index (χ1v) is 13.4. The Morgan fingerprint density at radius 1 is 1.03 bits per heavy atom. The highest BCUT2D eigenvalue weighted by Crippen LogP contribution is 2.31. The van der Waals surface area contributed by atoms with Crippen LogP contribution in [-0.4, -0.2) is 50.3 Å². The minimum Gasteiger partial charge on any atom is -0.495 e. The molecule has 2 aromatic heterocycles. The van der Waals surface area contributed by atoms with Gasteiger partial charge >= 0.3 is 0 Å². The Kier molecular flexibility index (Phi) is 7.74. The fraction of sp³-hybridized carbons (Fsp3) is 0.333. The fourth-order valence-electron chi connectivity index (χ4n) is 5.27. The van der Waals surface area contributed by atoms with Gasteiger partial charge in [0.15, 0.2) is 11.6 Å². The number of amides is 1. The topological polar surface area (TPSA) is 73.1 Å². The zero-order valence-electron chi connectivity index (χ0n) is 22.0. The van der Waals surface area contributed by atoms with E-state index in [-0.39, 0.29) is 11.9 Å². The molecule has 0 bridgehead atoms. The molecule has 0 unspecified atom stereocenters. The van der Waals surface area contributed by atoms with Gasteiger partial charge in [0, 0.05) is 41.7 Å². The third kappa shape index (κ3) is 5.58. The van der Waals surface area contributed by atoms with Crippen molar-refractivity contribution in [3.8, 4) is 28.5 Å². The van der Waals surface area contributed by atoms with Crippen molar-refractivity contribution < 1.29 is 9.53 Å². The molecule has 0 radical (unpaired) electrons. The van der Waals surface area contributed by atoms with Crippen LogP contribution in [0.15, 0.2) is 60.9 Å². The number of carbonyl (C=O) groups excluding carboxylic acids is 1. The number of ether oxygens (including phenoxy) is 1. The summed E-state index contributed by atoms with van der Waals surface area (Å²) in [7, 11) is 1.59. The molecule has 2 heterocycles. The molecular weight excluding hydrogens is 498 g/mol. The van der Waals surface area contributed by atoms with Crippen LogP contribution in [0.2, 0.25) is 5.02 Å². The summed E-state index contributed by atoms with van der Waals surface area (Å²) >= 11 is 6.46. The lowest BCUT2D eigenvalue weighted by Crippen LogP contribution is -2.41. The Hall–Kier alpha value is -3.71. The lowest BCUT2D eigenvalue weighted by Gasteiger charge is -2.29. The van der Waals surface area contributed by atoms with Crippen molar-refractivity contribution in [3.05, 3.63) is 82.6 Å². The SMILES string of the molecule is COc1ccc(-c2nc(-c3ccncc3)nn2CCN(C(=O)c2cc(C)cc(C)c2)C2CCCC2)cc1Cl. The van der Waals surface area contributed by atoms with E-state index in [1.165, 1.54) is 0 Å². The van der Waals surface area contributed by atoms with Gasteiger partial charge in [-0.15, -0.1) is 0 Å². The molecule has 1 aliphatic rings. The number of hydrogen-bond donors (Lipinski definition) is 0. The lowest BCUT2D eigenvalue weighted by molar-refractivity contribution is 0.0671. The van der Waals surface area contributed by atoms with Crippen molar-refractivity contribution in [2.24, 2.45) is 0 Å². The van der Waals surface area contributed by atoms with E-state index in [0.29, 0.717) is 35.5 Å². The number of pyridine rings is 1. The first kappa shape index (κ1) is 25.9. The summed E-state index contributed by atoms with van der Waals surface area (Å²) in [4.78, 5) is 24.8. The molecule has 8 heteroatoms. The highest BCUT2D eigenvalue weighted by molar-refractivity contribution is 6.32. The number of carbonyl (C=O) groups is 1. The van der Waals surface area contributed by atoms with Gasteiger partial charge in [-0.3, -0.25) is 9.78 Å². The molecule has 1 fully saturated rings. The van der Waals surface area contributed by atoms with Crippen molar-refractivity contribution in [1.82, 2.24) is 24.6 Å². The number of methoxy groups -OCH3 is 1. The third-order valence-corrected chi connectivity index (χ3v) is 7.36. The van der Waals surface area contributed by atoms with Crippen LogP contribution in [0, 0.1) is 13.8 Å². The maximum atomic E-state index is 13.8. The smallest absolute Gasteiger partial charge is 0.254 e. The Bertz CT molecular complexity index is 1410. The molecule has 2 aromatic carbocycles. The van der Waals surface area contributed by atoms with Crippen LogP contribution in [0.5, 0.6) is 5.75 Å². The number of rotatable bonds is 8. The maximum absolute atomic E-state index is 13.8. The van der Waals surface area contributed by atoms with Crippen molar-refractivity contribution in [2.75, 3.05) is 13.7 Å². The fourth-order valence-corrected chi connectivity index (χ4v) is 5.53. The van der Waals surface area contributed by atoms with Crippen molar-refractivity contribution >= 4 is 17.5 Å². The molecule has 1 saturated carbocycles. The van der Waals surface area contributed by atoms with E-state index in [0.717, 1.165) is 53.5 Å². The summed E-state index contributed by atoms with van der Waals surface area (Å²) in [5.41, 5.74) is 4.64. The second-order valence-electron chi connectivity index (χ2n) is 9.88. The largest absolute Gasteiger partial charge is 0.495 e. The highest BCUT2D eigenvalue weighted by atomic mass is 35.5. The third-order valence-electron chi connectivity index (χ3n) is 7.07. The normalized spacial score (nSPS) is 13.6. The number of nitrogens with zero attached hydrogens (tertiary/aromatic N) is 5. The van der Waals surface area contributed by atoms with Gasteiger partial charge in [0.05, 0.1) is 18.7 Å². The van der Waals surface area contributed by atoms with Crippen molar-refractivity contribution in [3.63, 3.8) is 0 Å². The molecule has 1 amide bonds. The number of halogens is 1. The van der Waals surface area contributed by atoms with E-state index >= 15 is 0 Å². The van der Waals surface area contributed by atoms with Crippen LogP contribution in [-0.2, 0) is 6.54 Å². The van der Waals surface area contributed by atoms with Crippen molar-refractivity contribution in [2.45, 2.75) is 52.1 Å². The molecule has 38 heavy (non-hydrogen) atoms. The first-order chi connectivity index (χ1) is 18.4. The van der Waals surface area contributed by atoms with E-state index in [1.54, 1.807) is 19.5 Å². The van der Waals surface area contributed by atoms with E-state index in [2.05, 4.69) is 11.1 Å². The summed E-state index contributed by atoms with van der Waals surface area (Å²) < 4.78 is 7.22. The summed E-state index contributed by atoms with van der Waals surface area (Å²) in [6.07, 6.45) is 7.79. The molecule has 1 aliphatic carbocycles. The Morgan fingerprint density at radius 2 is 1.74 bits per heavy atom. The summed E-state index contributed by atoms with van der Waals surface area (Å²) in [5.74, 6) is 1.96. The molecule has 0 aliphatic heterocycles. The predicted molar refractivity (Wildman–Crippen MR) is 149 cm³/mol. The highest BCUT2D eigenvalue weighted by Gasteiger charge is 2.28. The zero-order valence-corrected chi connectivity index (χ0v) is 22.8. The quantitative estimate of drug-likeness (QED) is 0.265. The Balaban J connectivity index is 1.49.